The molecule has 0 aliphatic rings. The third-order valence-corrected chi connectivity index (χ3v) is 0.923. The van der Waals surface area contributed by atoms with Crippen molar-refractivity contribution in [2.45, 2.75) is 6.92 Å². The second-order valence-electron chi connectivity index (χ2n) is 1.73. The highest BCUT2D eigenvalue weighted by atomic mass is 16.2. The van der Waals surface area contributed by atoms with Crippen molar-refractivity contribution in [3.8, 4) is 0 Å². The summed E-state index contributed by atoms with van der Waals surface area (Å²) in [5, 5.41) is 8.31. The van der Waals surface area contributed by atoms with E-state index >= 15 is 0 Å². The second kappa shape index (κ2) is 5.32. The van der Waals surface area contributed by atoms with E-state index in [1.807, 2.05) is 13.0 Å². The summed E-state index contributed by atoms with van der Waals surface area (Å²) in [6.07, 6.45) is 7.13. The molecular weight excluding hydrogens is 112 g/mol. The van der Waals surface area contributed by atoms with Crippen molar-refractivity contribution in [2.24, 2.45) is 0 Å². The lowest BCUT2D eigenvalue weighted by Gasteiger charge is -1.82. The summed E-state index contributed by atoms with van der Waals surface area (Å²) < 4.78 is 0. The quantitative estimate of drug-likeness (QED) is 0.567. The van der Waals surface area contributed by atoms with Crippen LogP contribution in [0.4, 0.5) is 0 Å². The zero-order chi connectivity index (χ0) is 7.11. The molecule has 50 valence electrons. The number of aliphatic hydroxyl groups excluding tert-OH is 1. The number of aliphatic hydroxyl groups is 1. The minimum absolute atomic E-state index is 0.0981. The molecule has 9 heavy (non-hydrogen) atoms. The fraction of sp³-hybridized carbons (Fsp3) is 0.250. The lowest BCUT2D eigenvalue weighted by molar-refractivity contribution is 0.343. The maximum absolute atomic E-state index is 8.31. The monoisotopic (exact) mass is 124 g/mol. The maximum atomic E-state index is 8.31. The van der Waals surface area contributed by atoms with Crippen molar-refractivity contribution < 1.29 is 5.11 Å². The van der Waals surface area contributed by atoms with Crippen LogP contribution in [-0.4, -0.2) is 11.7 Å². The first kappa shape index (κ1) is 8.18. The topological polar surface area (TPSA) is 20.2 Å². The highest BCUT2D eigenvalue weighted by molar-refractivity contribution is 5.19. The van der Waals surface area contributed by atoms with Gasteiger partial charge in [0, 0.05) is 0 Å². The van der Waals surface area contributed by atoms with Crippen LogP contribution in [0.1, 0.15) is 6.92 Å². The van der Waals surface area contributed by atoms with E-state index in [1.165, 1.54) is 0 Å². The summed E-state index contributed by atoms with van der Waals surface area (Å²) in [7, 11) is 0. The Hall–Kier alpha value is -0.820. The van der Waals surface area contributed by atoms with E-state index < -0.39 is 0 Å². The van der Waals surface area contributed by atoms with E-state index in [2.05, 4.69) is 6.58 Å². The van der Waals surface area contributed by atoms with Crippen LogP contribution in [0.15, 0.2) is 36.5 Å². The minimum atomic E-state index is 0.0981. The van der Waals surface area contributed by atoms with Gasteiger partial charge in [-0.05, 0) is 6.92 Å². The van der Waals surface area contributed by atoms with E-state index in [4.69, 9.17) is 5.11 Å². The first-order chi connectivity index (χ1) is 4.31. The maximum Gasteiger partial charge on any atom is 0.0615 e. The van der Waals surface area contributed by atoms with Crippen LogP contribution in [0.3, 0.4) is 0 Å². The van der Waals surface area contributed by atoms with Crippen LogP contribution in [-0.2, 0) is 0 Å². The molecule has 0 saturated heterocycles. The van der Waals surface area contributed by atoms with Gasteiger partial charge in [-0.15, -0.1) is 0 Å². The predicted molar refractivity (Wildman–Crippen MR) is 40.2 cm³/mol. The van der Waals surface area contributed by atoms with Gasteiger partial charge in [-0.3, -0.25) is 0 Å². The van der Waals surface area contributed by atoms with Gasteiger partial charge in [0.25, 0.3) is 0 Å². The molecule has 0 aromatic carbocycles. The van der Waals surface area contributed by atoms with Gasteiger partial charge >= 0.3 is 0 Å². The van der Waals surface area contributed by atoms with Crippen LogP contribution in [0.25, 0.3) is 0 Å². The molecule has 0 amide bonds. The fourth-order valence-corrected chi connectivity index (χ4v) is 0.349. The molecule has 0 aliphatic heterocycles. The summed E-state index contributed by atoms with van der Waals surface area (Å²) in [6, 6.07) is 0. The molecule has 0 radical (unpaired) electrons. The van der Waals surface area contributed by atoms with Crippen molar-refractivity contribution in [3.05, 3.63) is 36.5 Å². The van der Waals surface area contributed by atoms with Crippen LogP contribution in [0.2, 0.25) is 0 Å². The molecule has 0 bridgehead atoms. The zero-order valence-electron chi connectivity index (χ0n) is 5.67. The smallest absolute Gasteiger partial charge is 0.0615 e. The minimum Gasteiger partial charge on any atom is -0.392 e. The third kappa shape index (κ3) is 5.04. The SMILES string of the molecule is C=C/C(C)=C\C=C\CO. The molecule has 0 unspecified atom stereocenters. The second-order valence-corrected chi connectivity index (χ2v) is 1.73. The standard InChI is InChI=1S/C8H12O/c1-3-8(2)6-4-5-7-9/h3-6,9H,1,7H2,2H3/b5-4+,8-6-. The summed E-state index contributed by atoms with van der Waals surface area (Å²) in [5.74, 6) is 0. The Morgan fingerprint density at radius 1 is 1.67 bits per heavy atom. The molecule has 0 atom stereocenters. The molecular formula is C8H12O. The first-order valence-electron chi connectivity index (χ1n) is 2.88. The van der Waals surface area contributed by atoms with Crippen LogP contribution in [0, 0.1) is 0 Å². The van der Waals surface area contributed by atoms with Gasteiger partial charge in [-0.2, -0.15) is 0 Å². The van der Waals surface area contributed by atoms with Crippen LogP contribution in [0.5, 0.6) is 0 Å². The average molecular weight is 124 g/mol. The average Bonchev–Trinajstić information content (AvgIpc) is 1.89. The predicted octanol–water partition coefficient (Wildman–Crippen LogP) is 1.67. The highest BCUT2D eigenvalue weighted by Crippen LogP contribution is 1.91. The summed E-state index contributed by atoms with van der Waals surface area (Å²) in [6.45, 7) is 5.63. The van der Waals surface area contributed by atoms with Gasteiger partial charge in [0.1, 0.15) is 0 Å². The molecule has 1 N–H and O–H groups in total. The molecule has 0 aliphatic carbocycles. The number of allylic oxidation sites excluding steroid dienone is 4. The molecule has 0 spiro atoms. The molecule has 0 saturated carbocycles. The van der Waals surface area contributed by atoms with Crippen molar-refractivity contribution in [1.29, 1.82) is 0 Å². The molecule has 0 aromatic rings. The summed E-state index contributed by atoms with van der Waals surface area (Å²) >= 11 is 0. The van der Waals surface area contributed by atoms with Crippen molar-refractivity contribution >= 4 is 0 Å². The number of hydrogen-bond donors (Lipinski definition) is 1. The fourth-order valence-electron chi connectivity index (χ4n) is 0.349. The largest absolute Gasteiger partial charge is 0.392 e. The molecule has 1 nitrogen and oxygen atoms in total. The van der Waals surface area contributed by atoms with Crippen molar-refractivity contribution in [1.82, 2.24) is 0 Å². The van der Waals surface area contributed by atoms with Gasteiger partial charge in [0.2, 0.25) is 0 Å². The summed E-state index contributed by atoms with van der Waals surface area (Å²) in [4.78, 5) is 0. The number of rotatable bonds is 3. The molecule has 1 heteroatoms. The molecule has 0 rings (SSSR count). The Kier molecular flexibility index (Phi) is 4.83. The van der Waals surface area contributed by atoms with Gasteiger partial charge in [0.05, 0.1) is 6.61 Å². The van der Waals surface area contributed by atoms with Gasteiger partial charge in [-0.25, -0.2) is 0 Å². The Labute approximate surface area is 56.0 Å². The van der Waals surface area contributed by atoms with E-state index in [9.17, 15) is 0 Å². The van der Waals surface area contributed by atoms with Gasteiger partial charge in [0.15, 0.2) is 0 Å². The van der Waals surface area contributed by atoms with Crippen LogP contribution < -0.4 is 0 Å². The van der Waals surface area contributed by atoms with E-state index in [-0.39, 0.29) is 6.61 Å². The van der Waals surface area contributed by atoms with Gasteiger partial charge < -0.3 is 5.11 Å². The van der Waals surface area contributed by atoms with Crippen molar-refractivity contribution in [2.75, 3.05) is 6.61 Å². The Morgan fingerprint density at radius 3 is 2.78 bits per heavy atom. The Morgan fingerprint density at radius 2 is 2.33 bits per heavy atom. The van der Waals surface area contributed by atoms with E-state index in [1.54, 1.807) is 18.2 Å². The number of hydrogen-bond acceptors (Lipinski definition) is 1. The van der Waals surface area contributed by atoms with Crippen molar-refractivity contribution in [3.63, 3.8) is 0 Å². The Balaban J connectivity index is 3.68. The lowest BCUT2D eigenvalue weighted by Crippen LogP contribution is -1.69. The van der Waals surface area contributed by atoms with E-state index in [0.717, 1.165) is 5.57 Å². The zero-order valence-corrected chi connectivity index (χ0v) is 5.67. The molecule has 0 fully saturated rings. The first-order valence-corrected chi connectivity index (χ1v) is 2.88. The summed E-state index contributed by atoms with van der Waals surface area (Å²) in [5.41, 5.74) is 1.10. The van der Waals surface area contributed by atoms with E-state index in [0.29, 0.717) is 0 Å². The molecule has 0 heterocycles. The van der Waals surface area contributed by atoms with Crippen LogP contribution >= 0.6 is 0 Å². The lowest BCUT2D eigenvalue weighted by atomic mass is 10.3. The highest BCUT2D eigenvalue weighted by Gasteiger charge is 1.71. The normalized spacial score (nSPS) is 12.4. The molecule has 0 aromatic heterocycles. The Bertz CT molecular complexity index is 132. The third-order valence-electron chi connectivity index (χ3n) is 0.923. The van der Waals surface area contributed by atoms with Gasteiger partial charge in [-0.1, -0.05) is 36.5 Å².